The number of carbonyl (C=O) groups is 2. The lowest BCUT2D eigenvalue weighted by Gasteiger charge is -2.09. The molecule has 0 fully saturated rings. The second-order valence-electron chi connectivity index (χ2n) is 8.16. The second-order valence-corrected chi connectivity index (χ2v) is 8.60. The van der Waals surface area contributed by atoms with Gasteiger partial charge < -0.3 is 14.8 Å². The van der Waals surface area contributed by atoms with E-state index in [0.717, 1.165) is 22.0 Å². The Morgan fingerprint density at radius 3 is 2.46 bits per heavy atom. The van der Waals surface area contributed by atoms with Crippen LogP contribution in [0.5, 0.6) is 5.75 Å². The first-order chi connectivity index (χ1) is 17.0. The van der Waals surface area contributed by atoms with Crippen molar-refractivity contribution in [2.75, 3.05) is 20.3 Å². The molecule has 1 heterocycles. The van der Waals surface area contributed by atoms with Crippen LogP contribution in [0.1, 0.15) is 27.2 Å². The van der Waals surface area contributed by atoms with Crippen LogP contribution < -0.4 is 10.1 Å². The van der Waals surface area contributed by atoms with Crippen LogP contribution in [-0.4, -0.2) is 36.6 Å². The Kier molecular flexibility index (Phi) is 7.85. The fourth-order valence-electron chi connectivity index (χ4n) is 4.05. The molecule has 0 saturated heterocycles. The lowest BCUT2D eigenvalue weighted by molar-refractivity contribution is -0.120. The van der Waals surface area contributed by atoms with Gasteiger partial charge in [-0.15, -0.1) is 0 Å². The number of halogens is 1. The van der Waals surface area contributed by atoms with Crippen molar-refractivity contribution in [3.05, 3.63) is 100 Å². The monoisotopic (exact) mass is 490 g/mol. The number of fused-ring (bicyclic) bond motifs is 1. The van der Waals surface area contributed by atoms with E-state index in [1.807, 2.05) is 49.4 Å². The lowest BCUT2D eigenvalue weighted by atomic mass is 10.1. The van der Waals surface area contributed by atoms with Crippen LogP contribution in [-0.2, 0) is 22.6 Å². The summed E-state index contributed by atoms with van der Waals surface area (Å²) < 4.78 is 12.7. The smallest absolute Gasteiger partial charge is 0.262 e. The van der Waals surface area contributed by atoms with E-state index in [9.17, 15) is 9.59 Å². The van der Waals surface area contributed by atoms with Gasteiger partial charge in [0.2, 0.25) is 5.91 Å². The Balaban J connectivity index is 1.50. The number of amides is 1. The van der Waals surface area contributed by atoms with Crippen molar-refractivity contribution in [3.63, 3.8) is 0 Å². The minimum absolute atomic E-state index is 0.134. The summed E-state index contributed by atoms with van der Waals surface area (Å²) in [6, 6.07) is 22.2. The first kappa shape index (κ1) is 24.5. The van der Waals surface area contributed by atoms with Gasteiger partial charge in [-0.2, -0.15) is 0 Å². The number of benzene rings is 3. The van der Waals surface area contributed by atoms with E-state index in [4.69, 9.17) is 21.1 Å². The molecule has 1 amide bonds. The van der Waals surface area contributed by atoms with Crippen molar-refractivity contribution in [3.8, 4) is 5.75 Å². The Labute approximate surface area is 209 Å². The quantitative estimate of drug-likeness (QED) is 0.328. The van der Waals surface area contributed by atoms with Crippen LogP contribution in [0.2, 0.25) is 5.02 Å². The normalized spacial score (nSPS) is 10.9. The zero-order valence-corrected chi connectivity index (χ0v) is 20.5. The molecule has 3 aromatic carbocycles. The predicted molar refractivity (Wildman–Crippen MR) is 137 cm³/mol. The lowest BCUT2D eigenvalue weighted by Crippen LogP contribution is -2.28. The molecule has 0 unspecified atom stereocenters. The summed E-state index contributed by atoms with van der Waals surface area (Å²) in [5.41, 5.74) is 3.81. The van der Waals surface area contributed by atoms with Crippen LogP contribution in [0.25, 0.3) is 10.9 Å². The number of rotatable bonds is 9. The molecule has 0 aliphatic carbocycles. The highest BCUT2D eigenvalue weighted by molar-refractivity contribution is 6.30. The van der Waals surface area contributed by atoms with E-state index in [2.05, 4.69) is 5.32 Å². The van der Waals surface area contributed by atoms with Gasteiger partial charge in [-0.3, -0.25) is 14.2 Å². The van der Waals surface area contributed by atoms with Gasteiger partial charge in [-0.1, -0.05) is 41.9 Å². The van der Waals surface area contributed by atoms with Crippen molar-refractivity contribution < 1.29 is 19.1 Å². The number of nitrogens with zero attached hydrogens (tertiary/aromatic N) is 1. The van der Waals surface area contributed by atoms with E-state index < -0.39 is 0 Å². The Bertz CT molecular complexity index is 1330. The fourth-order valence-corrected chi connectivity index (χ4v) is 4.17. The third kappa shape index (κ3) is 5.73. The van der Waals surface area contributed by atoms with Crippen LogP contribution in [0.15, 0.2) is 72.8 Å². The van der Waals surface area contributed by atoms with Crippen molar-refractivity contribution in [2.45, 2.75) is 20.0 Å². The molecule has 1 aromatic heterocycles. The summed E-state index contributed by atoms with van der Waals surface area (Å²) in [6.07, 6.45) is 0.134. The van der Waals surface area contributed by atoms with E-state index >= 15 is 0 Å². The number of aromatic nitrogens is 1. The molecule has 180 valence electrons. The SMILES string of the molecule is COc1ccc2c(c1)c(CC(=O)NCCOCc1ccccc1)c(C)n2C(=O)c1ccc(Cl)cc1. The average molecular weight is 491 g/mol. The van der Waals surface area contributed by atoms with Crippen molar-refractivity contribution in [2.24, 2.45) is 0 Å². The van der Waals surface area contributed by atoms with Gasteiger partial charge in [-0.05, 0) is 60.5 Å². The average Bonchev–Trinajstić information content (AvgIpc) is 3.14. The van der Waals surface area contributed by atoms with Gasteiger partial charge in [0.15, 0.2) is 0 Å². The third-order valence-electron chi connectivity index (χ3n) is 5.85. The van der Waals surface area contributed by atoms with E-state index in [0.29, 0.717) is 41.8 Å². The van der Waals surface area contributed by atoms with E-state index in [1.165, 1.54) is 0 Å². The van der Waals surface area contributed by atoms with Crippen molar-refractivity contribution >= 4 is 34.3 Å². The predicted octanol–water partition coefficient (Wildman–Crippen LogP) is 5.18. The maximum Gasteiger partial charge on any atom is 0.262 e. The molecule has 6 nitrogen and oxygen atoms in total. The highest BCUT2D eigenvalue weighted by atomic mass is 35.5. The summed E-state index contributed by atoms with van der Waals surface area (Å²) >= 11 is 5.99. The van der Waals surface area contributed by atoms with Gasteiger partial charge in [0.1, 0.15) is 5.75 Å². The van der Waals surface area contributed by atoms with E-state index in [-0.39, 0.29) is 18.2 Å². The van der Waals surface area contributed by atoms with Gasteiger partial charge >= 0.3 is 0 Å². The molecule has 0 aliphatic rings. The van der Waals surface area contributed by atoms with Crippen LogP contribution in [0.4, 0.5) is 0 Å². The summed E-state index contributed by atoms with van der Waals surface area (Å²) in [4.78, 5) is 26.2. The molecule has 0 spiro atoms. The molecule has 4 rings (SSSR count). The minimum Gasteiger partial charge on any atom is -0.497 e. The topological polar surface area (TPSA) is 69.6 Å². The third-order valence-corrected chi connectivity index (χ3v) is 6.11. The molecule has 0 bridgehead atoms. The summed E-state index contributed by atoms with van der Waals surface area (Å²) in [5, 5.41) is 4.28. The Morgan fingerprint density at radius 1 is 1.00 bits per heavy atom. The van der Waals surface area contributed by atoms with Crippen LogP contribution in [0.3, 0.4) is 0 Å². The summed E-state index contributed by atoms with van der Waals surface area (Å²) in [7, 11) is 1.59. The Hall–Kier alpha value is -3.61. The van der Waals surface area contributed by atoms with Crippen molar-refractivity contribution in [1.29, 1.82) is 0 Å². The number of nitrogens with one attached hydrogen (secondary N) is 1. The molecule has 0 atom stereocenters. The van der Waals surface area contributed by atoms with Crippen LogP contribution in [0, 0.1) is 6.92 Å². The van der Waals surface area contributed by atoms with Gasteiger partial charge in [0, 0.05) is 28.2 Å². The number of carbonyl (C=O) groups excluding carboxylic acids is 2. The molecular formula is C28H27ClN2O4. The minimum atomic E-state index is -0.185. The van der Waals surface area contributed by atoms with Crippen LogP contribution >= 0.6 is 11.6 Å². The number of hydrogen-bond acceptors (Lipinski definition) is 4. The van der Waals surface area contributed by atoms with Crippen molar-refractivity contribution in [1.82, 2.24) is 9.88 Å². The Morgan fingerprint density at radius 2 is 1.74 bits per heavy atom. The number of ether oxygens (including phenoxy) is 2. The van der Waals surface area contributed by atoms with Gasteiger partial charge in [-0.25, -0.2) is 0 Å². The molecule has 0 aliphatic heterocycles. The highest BCUT2D eigenvalue weighted by Crippen LogP contribution is 2.30. The molecular weight excluding hydrogens is 464 g/mol. The van der Waals surface area contributed by atoms with Gasteiger partial charge in [0.05, 0.1) is 32.3 Å². The molecule has 7 heteroatoms. The molecule has 4 aromatic rings. The summed E-state index contributed by atoms with van der Waals surface area (Å²) in [6.45, 7) is 3.16. The number of methoxy groups -OCH3 is 1. The zero-order valence-electron chi connectivity index (χ0n) is 19.7. The number of hydrogen-bond donors (Lipinski definition) is 1. The molecule has 0 radical (unpaired) electrons. The molecule has 35 heavy (non-hydrogen) atoms. The zero-order chi connectivity index (χ0) is 24.8. The van der Waals surface area contributed by atoms with E-state index in [1.54, 1.807) is 42.0 Å². The standard InChI is InChI=1S/C28H27ClN2O4/c1-19-24(17-27(32)30-14-15-35-18-20-6-4-3-5-7-20)25-16-23(34-2)12-13-26(25)31(19)28(33)21-8-10-22(29)11-9-21/h3-13,16H,14-15,17-18H2,1-2H3,(H,30,32). The fraction of sp³-hybridized carbons (Fsp3) is 0.214. The molecule has 0 saturated carbocycles. The maximum atomic E-state index is 13.4. The van der Waals surface area contributed by atoms with Gasteiger partial charge in [0.25, 0.3) is 5.91 Å². The second kappa shape index (κ2) is 11.2. The largest absolute Gasteiger partial charge is 0.497 e. The summed E-state index contributed by atoms with van der Waals surface area (Å²) in [5.74, 6) is 0.331. The highest BCUT2D eigenvalue weighted by Gasteiger charge is 2.22. The molecule has 1 N–H and O–H groups in total. The maximum absolute atomic E-state index is 13.4. The first-order valence-corrected chi connectivity index (χ1v) is 11.7. The first-order valence-electron chi connectivity index (χ1n) is 11.3.